The van der Waals surface area contributed by atoms with Gasteiger partial charge in [0.1, 0.15) is 12.3 Å². The molecule has 1 aromatic rings. The topological polar surface area (TPSA) is 82.9 Å². The van der Waals surface area contributed by atoms with E-state index >= 15 is 0 Å². The minimum atomic E-state index is -0.540. The average molecular weight is 361 g/mol. The second-order valence-corrected chi connectivity index (χ2v) is 6.26. The third kappa shape index (κ3) is 4.53. The van der Waals surface area contributed by atoms with Crippen molar-refractivity contribution in [2.24, 2.45) is 0 Å². The van der Waals surface area contributed by atoms with Crippen molar-refractivity contribution in [3.05, 3.63) is 36.3 Å². The Balaban J connectivity index is 2.13. The minimum Gasteiger partial charge on any atom is -0.472 e. The van der Waals surface area contributed by atoms with E-state index in [0.717, 1.165) is 0 Å². The van der Waals surface area contributed by atoms with Crippen LogP contribution in [0.25, 0.3) is 0 Å². The fraction of sp³-hybridized carbons (Fsp3) is 0.526. The van der Waals surface area contributed by atoms with Gasteiger partial charge in [-0.25, -0.2) is 0 Å². The Hall–Kier alpha value is -2.57. The predicted molar refractivity (Wildman–Crippen MR) is 97.4 cm³/mol. The van der Waals surface area contributed by atoms with E-state index in [1.807, 2.05) is 26.8 Å². The lowest BCUT2D eigenvalue weighted by atomic mass is 10.1. The number of likely N-dealkylation sites (N-methyl/N-ethyl adjacent to an activating group) is 1. The zero-order valence-corrected chi connectivity index (χ0v) is 15.6. The second-order valence-electron chi connectivity index (χ2n) is 6.26. The summed E-state index contributed by atoms with van der Waals surface area (Å²) in [5, 5.41) is 2.90. The summed E-state index contributed by atoms with van der Waals surface area (Å²) in [6.45, 7) is 7.20. The monoisotopic (exact) mass is 361 g/mol. The molecule has 1 aromatic heterocycles. The van der Waals surface area contributed by atoms with Crippen molar-refractivity contribution in [2.75, 3.05) is 19.6 Å². The van der Waals surface area contributed by atoms with Gasteiger partial charge in [-0.3, -0.25) is 14.4 Å². The van der Waals surface area contributed by atoms with Gasteiger partial charge in [-0.1, -0.05) is 12.2 Å². The van der Waals surface area contributed by atoms with Gasteiger partial charge in [0.05, 0.1) is 11.8 Å². The van der Waals surface area contributed by atoms with E-state index in [2.05, 4.69) is 5.32 Å². The summed E-state index contributed by atoms with van der Waals surface area (Å²) >= 11 is 0. The normalized spacial score (nSPS) is 19.7. The van der Waals surface area contributed by atoms with Crippen molar-refractivity contribution in [1.29, 1.82) is 0 Å². The first-order valence-corrected chi connectivity index (χ1v) is 9.04. The van der Waals surface area contributed by atoms with E-state index in [9.17, 15) is 14.4 Å². The van der Waals surface area contributed by atoms with E-state index < -0.39 is 6.04 Å². The van der Waals surface area contributed by atoms with Gasteiger partial charge in [-0.15, -0.1) is 0 Å². The highest BCUT2D eigenvalue weighted by atomic mass is 16.3. The van der Waals surface area contributed by atoms with Gasteiger partial charge in [0.15, 0.2) is 0 Å². The van der Waals surface area contributed by atoms with Crippen LogP contribution in [0.15, 0.2) is 35.2 Å². The number of carbonyl (C=O) groups excluding carboxylic acids is 3. The highest BCUT2D eigenvalue weighted by molar-refractivity contribution is 5.94. The predicted octanol–water partition coefficient (Wildman–Crippen LogP) is 1.81. The molecule has 2 heterocycles. The van der Waals surface area contributed by atoms with Gasteiger partial charge in [0.2, 0.25) is 11.8 Å². The summed E-state index contributed by atoms with van der Waals surface area (Å²) < 4.78 is 4.93. The summed E-state index contributed by atoms with van der Waals surface area (Å²) in [5.41, 5.74) is 0.426. The van der Waals surface area contributed by atoms with Crippen LogP contribution in [0.4, 0.5) is 0 Å². The fourth-order valence-corrected chi connectivity index (χ4v) is 3.19. The maximum atomic E-state index is 12.8. The first kappa shape index (κ1) is 19.8. The van der Waals surface area contributed by atoms with Crippen molar-refractivity contribution < 1.29 is 18.8 Å². The van der Waals surface area contributed by atoms with Crippen LogP contribution in [0.5, 0.6) is 0 Å². The van der Waals surface area contributed by atoms with Crippen LogP contribution < -0.4 is 5.32 Å². The maximum Gasteiger partial charge on any atom is 0.254 e. The summed E-state index contributed by atoms with van der Waals surface area (Å²) in [5.74, 6) is -0.432. The maximum absolute atomic E-state index is 12.8. The number of carbonyl (C=O) groups is 3. The molecular weight excluding hydrogens is 334 g/mol. The molecule has 0 bridgehead atoms. The molecular formula is C19H27N3O4. The van der Waals surface area contributed by atoms with Crippen molar-refractivity contribution in [1.82, 2.24) is 15.1 Å². The zero-order chi connectivity index (χ0) is 19.1. The Bertz CT molecular complexity index is 650. The van der Waals surface area contributed by atoms with Crippen LogP contribution in [0.3, 0.4) is 0 Å². The Morgan fingerprint density at radius 3 is 2.65 bits per heavy atom. The van der Waals surface area contributed by atoms with E-state index in [4.69, 9.17) is 4.42 Å². The summed E-state index contributed by atoms with van der Waals surface area (Å²) in [6.07, 6.45) is 7.06. The lowest BCUT2D eigenvalue weighted by Crippen LogP contribution is -2.47. The third-order valence-corrected chi connectivity index (χ3v) is 4.63. The molecule has 1 fully saturated rings. The highest BCUT2D eigenvalue weighted by Crippen LogP contribution is 2.22. The number of hydrogen-bond donors (Lipinski definition) is 1. The number of nitrogens with one attached hydrogen (secondary N) is 1. The number of likely N-dealkylation sites (tertiary alicyclic amines) is 1. The summed E-state index contributed by atoms with van der Waals surface area (Å²) in [6, 6.07) is 0.774. The molecule has 0 radical (unpaired) electrons. The Morgan fingerprint density at radius 2 is 2.08 bits per heavy atom. The lowest BCUT2D eigenvalue weighted by Gasteiger charge is -2.28. The molecule has 0 aromatic carbocycles. The molecule has 1 aliphatic heterocycles. The van der Waals surface area contributed by atoms with Crippen LogP contribution in [-0.2, 0) is 9.59 Å². The fourth-order valence-electron chi connectivity index (χ4n) is 3.19. The standard InChI is InChI=1S/C19H27N3O4/c1-4-7-8-17(23)22-12-15(20-18(24)14-9-10-26-13-14)11-16(22)19(25)21(5-2)6-3/h4,7,9-10,13,15-16H,5-6,8,11-12H2,1-3H3,(H,20,24)/b7-4+/t15-,16+/m1/s1. The molecule has 0 unspecified atom stereocenters. The molecule has 1 N–H and O–H groups in total. The number of allylic oxidation sites excluding steroid dienone is 1. The number of rotatable bonds is 7. The third-order valence-electron chi connectivity index (χ3n) is 4.63. The molecule has 2 atom stereocenters. The molecule has 3 amide bonds. The van der Waals surface area contributed by atoms with Gasteiger partial charge >= 0.3 is 0 Å². The van der Waals surface area contributed by atoms with Crippen LogP contribution in [0, 0.1) is 0 Å². The van der Waals surface area contributed by atoms with E-state index in [0.29, 0.717) is 31.6 Å². The quantitative estimate of drug-likeness (QED) is 0.751. The first-order chi connectivity index (χ1) is 12.5. The summed E-state index contributed by atoms with van der Waals surface area (Å²) in [7, 11) is 0. The van der Waals surface area contributed by atoms with E-state index in [1.165, 1.54) is 12.5 Å². The Morgan fingerprint density at radius 1 is 1.35 bits per heavy atom. The molecule has 0 aliphatic carbocycles. The molecule has 0 saturated carbocycles. The number of furan rings is 1. The Labute approximate surface area is 154 Å². The average Bonchev–Trinajstić information content (AvgIpc) is 3.30. The van der Waals surface area contributed by atoms with Crippen LogP contribution >= 0.6 is 0 Å². The van der Waals surface area contributed by atoms with E-state index in [1.54, 1.807) is 21.9 Å². The molecule has 7 nitrogen and oxygen atoms in total. The minimum absolute atomic E-state index is 0.0658. The first-order valence-electron chi connectivity index (χ1n) is 9.04. The van der Waals surface area contributed by atoms with Gasteiger partial charge in [0, 0.05) is 32.1 Å². The SMILES string of the molecule is C/C=C/CC(=O)N1C[C@H](NC(=O)c2ccoc2)C[C@H]1C(=O)N(CC)CC. The smallest absolute Gasteiger partial charge is 0.254 e. The van der Waals surface area contributed by atoms with Crippen LogP contribution in [-0.4, -0.2) is 59.2 Å². The van der Waals surface area contributed by atoms with Gasteiger partial charge in [0.25, 0.3) is 5.91 Å². The number of nitrogens with zero attached hydrogens (tertiary/aromatic N) is 2. The highest BCUT2D eigenvalue weighted by Gasteiger charge is 2.41. The molecule has 1 saturated heterocycles. The Kier molecular flexibility index (Phi) is 7.00. The molecule has 2 rings (SSSR count). The second kappa shape index (κ2) is 9.22. The van der Waals surface area contributed by atoms with Crippen molar-refractivity contribution in [2.45, 2.75) is 45.7 Å². The van der Waals surface area contributed by atoms with Crippen molar-refractivity contribution in [3.63, 3.8) is 0 Å². The largest absolute Gasteiger partial charge is 0.472 e. The zero-order valence-electron chi connectivity index (χ0n) is 15.6. The van der Waals surface area contributed by atoms with E-state index in [-0.39, 0.29) is 30.2 Å². The summed E-state index contributed by atoms with van der Waals surface area (Å²) in [4.78, 5) is 41.0. The molecule has 0 spiro atoms. The van der Waals surface area contributed by atoms with Gasteiger partial charge < -0.3 is 19.5 Å². The number of hydrogen-bond acceptors (Lipinski definition) is 4. The molecule has 142 valence electrons. The van der Waals surface area contributed by atoms with Crippen LogP contribution in [0.1, 0.15) is 44.0 Å². The molecule has 7 heteroatoms. The van der Waals surface area contributed by atoms with Crippen LogP contribution in [0.2, 0.25) is 0 Å². The van der Waals surface area contributed by atoms with Crippen molar-refractivity contribution in [3.8, 4) is 0 Å². The van der Waals surface area contributed by atoms with Crippen molar-refractivity contribution >= 4 is 17.7 Å². The van der Waals surface area contributed by atoms with Gasteiger partial charge in [-0.2, -0.15) is 0 Å². The molecule has 1 aliphatic rings. The molecule has 26 heavy (non-hydrogen) atoms. The van der Waals surface area contributed by atoms with Gasteiger partial charge in [-0.05, 0) is 33.3 Å². The number of amides is 3. The lowest BCUT2D eigenvalue weighted by molar-refractivity contribution is -0.143.